The molecule has 2 rings (SSSR count). The zero-order chi connectivity index (χ0) is 13.1. The van der Waals surface area contributed by atoms with Crippen LogP contribution in [-0.4, -0.2) is 29.3 Å². The van der Waals surface area contributed by atoms with Crippen molar-refractivity contribution in [2.24, 2.45) is 5.84 Å². The summed E-state index contributed by atoms with van der Waals surface area (Å²) in [5.74, 6) is 4.04. The number of nitrogens with two attached hydrogens (primary N) is 1. The van der Waals surface area contributed by atoms with Crippen molar-refractivity contribution < 1.29 is 14.0 Å². The quantitative estimate of drug-likeness (QED) is 0.454. The Morgan fingerprint density at radius 1 is 1.33 bits per heavy atom. The van der Waals surface area contributed by atoms with Gasteiger partial charge in [0.25, 0.3) is 11.8 Å². The van der Waals surface area contributed by atoms with Crippen LogP contribution in [0.15, 0.2) is 24.3 Å². The summed E-state index contributed by atoms with van der Waals surface area (Å²) in [5, 5.41) is 0. The van der Waals surface area contributed by atoms with E-state index < -0.39 is 11.9 Å². The number of halogens is 1. The largest absolute Gasteiger partial charge is 0.327 e. The first-order chi connectivity index (χ1) is 8.63. The number of hydrazine groups is 1. The van der Waals surface area contributed by atoms with Gasteiger partial charge in [-0.3, -0.25) is 15.0 Å². The summed E-state index contributed by atoms with van der Waals surface area (Å²) < 4.78 is 12.8. The number of nitrogens with zero attached hydrogens (tertiary/aromatic N) is 1. The molecule has 1 aromatic rings. The van der Waals surface area contributed by atoms with Gasteiger partial charge in [0, 0.05) is 12.1 Å². The Hall–Kier alpha value is -1.95. The van der Waals surface area contributed by atoms with Gasteiger partial charge in [0.1, 0.15) is 11.9 Å². The molecule has 1 fully saturated rings. The van der Waals surface area contributed by atoms with E-state index in [0.29, 0.717) is 18.5 Å². The molecule has 1 atom stereocenters. The molecule has 0 radical (unpaired) electrons. The molecular formula is C12H14FN3O2. The third-order valence-corrected chi connectivity index (χ3v) is 3.05. The van der Waals surface area contributed by atoms with Crippen LogP contribution in [0.5, 0.6) is 0 Å². The van der Waals surface area contributed by atoms with Gasteiger partial charge in [0.05, 0.1) is 0 Å². The summed E-state index contributed by atoms with van der Waals surface area (Å²) in [4.78, 5) is 25.2. The monoisotopic (exact) mass is 251 g/mol. The van der Waals surface area contributed by atoms with Crippen LogP contribution in [0.25, 0.3) is 0 Å². The van der Waals surface area contributed by atoms with Gasteiger partial charge in [-0.05, 0) is 37.1 Å². The van der Waals surface area contributed by atoms with Crippen molar-refractivity contribution in [3.05, 3.63) is 35.6 Å². The summed E-state index contributed by atoms with van der Waals surface area (Å²) in [7, 11) is 0. The summed E-state index contributed by atoms with van der Waals surface area (Å²) in [6.07, 6.45) is 1.35. The molecule has 1 aliphatic rings. The Bertz CT molecular complexity index is 461. The van der Waals surface area contributed by atoms with Crippen LogP contribution in [0.2, 0.25) is 0 Å². The minimum Gasteiger partial charge on any atom is -0.327 e. The predicted octanol–water partition coefficient (Wildman–Crippen LogP) is 0.420. The van der Waals surface area contributed by atoms with Gasteiger partial charge in [0.15, 0.2) is 0 Å². The third-order valence-electron chi connectivity index (χ3n) is 3.05. The van der Waals surface area contributed by atoms with Crippen molar-refractivity contribution in [2.45, 2.75) is 18.9 Å². The Labute approximate surface area is 104 Å². The highest BCUT2D eigenvalue weighted by Gasteiger charge is 2.34. The van der Waals surface area contributed by atoms with Crippen molar-refractivity contribution in [3.8, 4) is 0 Å². The van der Waals surface area contributed by atoms with E-state index in [9.17, 15) is 14.0 Å². The first-order valence-corrected chi connectivity index (χ1v) is 5.70. The van der Waals surface area contributed by atoms with Gasteiger partial charge >= 0.3 is 0 Å². The molecule has 0 unspecified atom stereocenters. The van der Waals surface area contributed by atoms with Crippen LogP contribution in [-0.2, 0) is 4.79 Å². The molecule has 1 saturated heterocycles. The molecule has 1 heterocycles. The van der Waals surface area contributed by atoms with Crippen molar-refractivity contribution in [1.82, 2.24) is 10.3 Å². The van der Waals surface area contributed by atoms with Crippen LogP contribution < -0.4 is 11.3 Å². The number of benzene rings is 1. The maximum Gasteiger partial charge on any atom is 0.256 e. The van der Waals surface area contributed by atoms with Crippen molar-refractivity contribution >= 4 is 11.8 Å². The van der Waals surface area contributed by atoms with E-state index in [1.807, 2.05) is 0 Å². The van der Waals surface area contributed by atoms with Crippen molar-refractivity contribution in [1.29, 1.82) is 0 Å². The molecule has 5 nitrogen and oxygen atoms in total. The molecule has 6 heteroatoms. The second-order valence-corrected chi connectivity index (χ2v) is 4.17. The van der Waals surface area contributed by atoms with Crippen LogP contribution in [0, 0.1) is 5.82 Å². The molecule has 1 aromatic carbocycles. The molecule has 1 aliphatic heterocycles. The number of hydrogen-bond acceptors (Lipinski definition) is 3. The number of carbonyl (C=O) groups excluding carboxylic acids is 2. The van der Waals surface area contributed by atoms with Gasteiger partial charge in [-0.25, -0.2) is 10.2 Å². The average molecular weight is 251 g/mol. The maximum absolute atomic E-state index is 12.8. The third kappa shape index (κ3) is 2.33. The van der Waals surface area contributed by atoms with E-state index >= 15 is 0 Å². The Morgan fingerprint density at radius 3 is 2.61 bits per heavy atom. The fourth-order valence-electron chi connectivity index (χ4n) is 2.14. The van der Waals surface area contributed by atoms with E-state index in [1.165, 1.54) is 29.2 Å². The predicted molar refractivity (Wildman–Crippen MR) is 62.8 cm³/mol. The smallest absolute Gasteiger partial charge is 0.256 e. The highest BCUT2D eigenvalue weighted by atomic mass is 19.1. The molecule has 0 bridgehead atoms. The van der Waals surface area contributed by atoms with Gasteiger partial charge in [-0.1, -0.05) is 0 Å². The summed E-state index contributed by atoms with van der Waals surface area (Å²) >= 11 is 0. The fraction of sp³-hybridized carbons (Fsp3) is 0.333. The molecule has 0 aromatic heterocycles. The van der Waals surface area contributed by atoms with Crippen molar-refractivity contribution in [2.75, 3.05) is 6.54 Å². The van der Waals surface area contributed by atoms with Gasteiger partial charge in [-0.2, -0.15) is 0 Å². The topological polar surface area (TPSA) is 75.4 Å². The minimum atomic E-state index is -0.535. The Balaban J connectivity index is 2.17. The molecule has 96 valence electrons. The Kier molecular flexibility index (Phi) is 3.57. The second-order valence-electron chi connectivity index (χ2n) is 4.17. The number of rotatable bonds is 2. The number of amides is 2. The van der Waals surface area contributed by atoms with E-state index in [-0.39, 0.29) is 11.8 Å². The van der Waals surface area contributed by atoms with Gasteiger partial charge in [-0.15, -0.1) is 0 Å². The number of hydrogen-bond donors (Lipinski definition) is 2. The molecule has 0 aliphatic carbocycles. The number of carbonyl (C=O) groups is 2. The highest BCUT2D eigenvalue weighted by Crippen LogP contribution is 2.20. The Morgan fingerprint density at radius 2 is 2.00 bits per heavy atom. The fourth-order valence-corrected chi connectivity index (χ4v) is 2.14. The zero-order valence-electron chi connectivity index (χ0n) is 9.73. The van der Waals surface area contributed by atoms with Crippen LogP contribution in [0.1, 0.15) is 23.2 Å². The lowest BCUT2D eigenvalue weighted by Crippen LogP contribution is -2.48. The van der Waals surface area contributed by atoms with Crippen LogP contribution in [0.3, 0.4) is 0 Å². The lowest BCUT2D eigenvalue weighted by atomic mass is 10.1. The number of nitrogens with one attached hydrogen (secondary N) is 1. The first kappa shape index (κ1) is 12.5. The highest BCUT2D eigenvalue weighted by molar-refractivity contribution is 5.97. The lowest BCUT2D eigenvalue weighted by molar-refractivity contribution is -0.124. The lowest BCUT2D eigenvalue weighted by Gasteiger charge is -2.23. The van der Waals surface area contributed by atoms with Crippen LogP contribution in [0.4, 0.5) is 4.39 Å². The maximum atomic E-state index is 12.8. The molecule has 2 amide bonds. The zero-order valence-corrected chi connectivity index (χ0v) is 9.73. The van der Waals surface area contributed by atoms with Crippen LogP contribution >= 0.6 is 0 Å². The van der Waals surface area contributed by atoms with E-state index in [1.54, 1.807) is 0 Å². The first-order valence-electron chi connectivity index (χ1n) is 5.70. The van der Waals surface area contributed by atoms with Gasteiger partial charge in [0.2, 0.25) is 0 Å². The molecule has 0 saturated carbocycles. The number of likely N-dealkylation sites (tertiary alicyclic amines) is 1. The van der Waals surface area contributed by atoms with E-state index in [2.05, 4.69) is 5.43 Å². The molecule has 18 heavy (non-hydrogen) atoms. The van der Waals surface area contributed by atoms with Gasteiger partial charge < -0.3 is 4.90 Å². The molecule has 3 N–H and O–H groups in total. The van der Waals surface area contributed by atoms with E-state index in [0.717, 1.165) is 6.42 Å². The molecule has 0 spiro atoms. The normalized spacial score (nSPS) is 18.8. The molecular weight excluding hydrogens is 237 g/mol. The van der Waals surface area contributed by atoms with Crippen molar-refractivity contribution in [3.63, 3.8) is 0 Å². The summed E-state index contributed by atoms with van der Waals surface area (Å²) in [5.41, 5.74) is 2.43. The van der Waals surface area contributed by atoms with E-state index in [4.69, 9.17) is 5.84 Å². The summed E-state index contributed by atoms with van der Waals surface area (Å²) in [6.45, 7) is 0.508. The second kappa shape index (κ2) is 5.14. The summed E-state index contributed by atoms with van der Waals surface area (Å²) in [6, 6.07) is 4.73. The SMILES string of the molecule is NNC(=O)[C@H]1CCCN1C(=O)c1ccc(F)cc1. The minimum absolute atomic E-state index is 0.277. The average Bonchev–Trinajstić information content (AvgIpc) is 2.87. The standard InChI is InChI=1S/C12H14FN3O2/c13-9-5-3-8(4-6-9)12(18)16-7-1-2-10(16)11(17)15-14/h3-6,10H,1-2,7,14H2,(H,15,17)/t10-/m1/s1.